The summed E-state index contributed by atoms with van der Waals surface area (Å²) in [6.45, 7) is 5.12. The van der Waals surface area contributed by atoms with Crippen molar-refractivity contribution in [2.45, 2.75) is 32.6 Å². The average Bonchev–Trinajstić information content (AvgIpc) is 2.52. The number of nitrogens with zero attached hydrogens (tertiary/aromatic N) is 2. The molecule has 13 heavy (non-hydrogen) atoms. The van der Waals surface area contributed by atoms with Gasteiger partial charge in [0.25, 0.3) is 0 Å². The van der Waals surface area contributed by atoms with Gasteiger partial charge in [-0.25, -0.2) is 4.98 Å². The molecule has 1 aliphatic rings. The molecule has 1 heterocycles. The van der Waals surface area contributed by atoms with Crippen molar-refractivity contribution in [2.75, 3.05) is 6.54 Å². The van der Waals surface area contributed by atoms with Gasteiger partial charge in [0.15, 0.2) is 5.82 Å². The van der Waals surface area contributed by atoms with E-state index in [1.807, 2.05) is 0 Å². The second kappa shape index (κ2) is 2.80. The van der Waals surface area contributed by atoms with Gasteiger partial charge in [0, 0.05) is 12.3 Å². The molecule has 0 aliphatic heterocycles. The van der Waals surface area contributed by atoms with Crippen LogP contribution in [-0.4, -0.2) is 21.7 Å². The molecule has 1 aliphatic carbocycles. The topological polar surface area (TPSA) is 67.6 Å². The van der Waals surface area contributed by atoms with Gasteiger partial charge < -0.3 is 5.73 Å². The minimum absolute atomic E-state index is 0.405. The van der Waals surface area contributed by atoms with Gasteiger partial charge in [0.2, 0.25) is 0 Å². The molecule has 1 fully saturated rings. The molecule has 1 atom stereocenters. The van der Waals surface area contributed by atoms with E-state index in [0.717, 1.165) is 18.1 Å². The van der Waals surface area contributed by atoms with Gasteiger partial charge in [-0.15, -0.1) is 0 Å². The van der Waals surface area contributed by atoms with Crippen LogP contribution in [0.5, 0.6) is 0 Å². The summed E-state index contributed by atoms with van der Waals surface area (Å²) in [7, 11) is 0. The SMILES string of the molecule is CC1(C)CC1c1n[nH]c(CCN)n1. The molecule has 0 saturated heterocycles. The zero-order valence-electron chi connectivity index (χ0n) is 8.17. The number of nitrogens with two attached hydrogens (primary N) is 1. The van der Waals surface area contributed by atoms with Crippen LogP contribution >= 0.6 is 0 Å². The van der Waals surface area contributed by atoms with Crippen molar-refractivity contribution in [2.24, 2.45) is 11.1 Å². The fraction of sp³-hybridized carbons (Fsp3) is 0.778. The molecule has 2 rings (SSSR count). The number of aromatic nitrogens is 3. The maximum absolute atomic E-state index is 5.43. The molecule has 1 unspecified atom stereocenters. The normalized spacial score (nSPS) is 24.7. The van der Waals surface area contributed by atoms with E-state index in [4.69, 9.17) is 5.73 Å². The minimum Gasteiger partial charge on any atom is -0.330 e. The van der Waals surface area contributed by atoms with E-state index in [1.165, 1.54) is 6.42 Å². The average molecular weight is 180 g/mol. The molecule has 0 aromatic carbocycles. The van der Waals surface area contributed by atoms with Crippen molar-refractivity contribution in [1.29, 1.82) is 0 Å². The monoisotopic (exact) mass is 180 g/mol. The number of hydrogen-bond acceptors (Lipinski definition) is 3. The Bertz CT molecular complexity index is 302. The van der Waals surface area contributed by atoms with Gasteiger partial charge in [-0.05, 0) is 18.4 Å². The predicted octanol–water partition coefficient (Wildman–Crippen LogP) is 0.819. The van der Waals surface area contributed by atoms with Crippen LogP contribution in [0.3, 0.4) is 0 Å². The zero-order chi connectivity index (χ0) is 9.47. The van der Waals surface area contributed by atoms with Crippen LogP contribution in [0, 0.1) is 5.41 Å². The summed E-state index contributed by atoms with van der Waals surface area (Å²) in [4.78, 5) is 4.41. The third kappa shape index (κ3) is 1.58. The Morgan fingerprint density at radius 2 is 2.31 bits per heavy atom. The van der Waals surface area contributed by atoms with Crippen LogP contribution in [0.1, 0.15) is 37.8 Å². The second-order valence-corrected chi connectivity index (χ2v) is 4.42. The van der Waals surface area contributed by atoms with Crippen molar-refractivity contribution in [3.63, 3.8) is 0 Å². The summed E-state index contributed by atoms with van der Waals surface area (Å²) >= 11 is 0. The predicted molar refractivity (Wildman–Crippen MR) is 50.3 cm³/mol. The molecule has 3 N–H and O–H groups in total. The van der Waals surface area contributed by atoms with Gasteiger partial charge >= 0.3 is 0 Å². The lowest BCUT2D eigenvalue weighted by atomic mass is 10.1. The molecule has 1 aromatic rings. The highest BCUT2D eigenvalue weighted by Crippen LogP contribution is 2.57. The molecule has 1 aromatic heterocycles. The highest BCUT2D eigenvalue weighted by Gasteiger charge is 2.49. The third-order valence-electron chi connectivity index (χ3n) is 2.76. The summed E-state index contributed by atoms with van der Waals surface area (Å²) < 4.78 is 0. The lowest BCUT2D eigenvalue weighted by Gasteiger charge is -1.96. The molecule has 0 spiro atoms. The fourth-order valence-electron chi connectivity index (χ4n) is 1.62. The largest absolute Gasteiger partial charge is 0.330 e. The van der Waals surface area contributed by atoms with Crippen LogP contribution in [0.25, 0.3) is 0 Å². The summed E-state index contributed by atoms with van der Waals surface area (Å²) in [6, 6.07) is 0. The second-order valence-electron chi connectivity index (χ2n) is 4.42. The maximum Gasteiger partial charge on any atom is 0.154 e. The lowest BCUT2D eigenvalue weighted by Crippen LogP contribution is -2.04. The molecule has 0 amide bonds. The number of hydrogen-bond donors (Lipinski definition) is 2. The molecule has 0 radical (unpaired) electrons. The minimum atomic E-state index is 0.405. The van der Waals surface area contributed by atoms with Crippen LogP contribution in [-0.2, 0) is 6.42 Å². The molecular formula is C9H16N4. The standard InChI is InChI=1S/C9H16N4/c1-9(2)5-6(9)8-11-7(3-4-10)12-13-8/h6H,3-5,10H2,1-2H3,(H,11,12,13). The summed E-state index contributed by atoms with van der Waals surface area (Å²) in [6.07, 6.45) is 1.99. The number of aromatic amines is 1. The van der Waals surface area contributed by atoms with Crippen LogP contribution < -0.4 is 5.73 Å². The summed E-state index contributed by atoms with van der Waals surface area (Å²) in [5.74, 6) is 2.43. The first-order chi connectivity index (χ1) is 6.13. The third-order valence-corrected chi connectivity index (χ3v) is 2.76. The van der Waals surface area contributed by atoms with Crippen molar-refractivity contribution in [1.82, 2.24) is 15.2 Å². The van der Waals surface area contributed by atoms with E-state index >= 15 is 0 Å². The maximum atomic E-state index is 5.43. The molecule has 4 heteroatoms. The Morgan fingerprint density at radius 1 is 1.62 bits per heavy atom. The first-order valence-corrected chi connectivity index (χ1v) is 4.75. The Labute approximate surface area is 77.9 Å². The van der Waals surface area contributed by atoms with Crippen molar-refractivity contribution in [3.8, 4) is 0 Å². The van der Waals surface area contributed by atoms with Gasteiger partial charge in [-0.1, -0.05) is 13.8 Å². The number of H-pyrrole nitrogens is 1. The zero-order valence-corrected chi connectivity index (χ0v) is 8.17. The highest BCUT2D eigenvalue weighted by atomic mass is 15.2. The van der Waals surface area contributed by atoms with Gasteiger partial charge in [0.05, 0.1) is 0 Å². The van der Waals surface area contributed by atoms with Crippen molar-refractivity contribution in [3.05, 3.63) is 11.6 Å². The molecule has 4 nitrogen and oxygen atoms in total. The first-order valence-electron chi connectivity index (χ1n) is 4.75. The first kappa shape index (κ1) is 8.69. The van der Waals surface area contributed by atoms with Crippen molar-refractivity contribution < 1.29 is 0 Å². The van der Waals surface area contributed by atoms with E-state index in [9.17, 15) is 0 Å². The Hall–Kier alpha value is -0.900. The van der Waals surface area contributed by atoms with Gasteiger partial charge in [0.1, 0.15) is 5.82 Å². The van der Waals surface area contributed by atoms with Gasteiger partial charge in [-0.3, -0.25) is 5.10 Å². The molecule has 72 valence electrons. The molecule has 1 saturated carbocycles. The van der Waals surface area contributed by atoms with Crippen LogP contribution in [0.2, 0.25) is 0 Å². The summed E-state index contributed by atoms with van der Waals surface area (Å²) in [5.41, 5.74) is 5.83. The van der Waals surface area contributed by atoms with E-state index in [0.29, 0.717) is 17.9 Å². The van der Waals surface area contributed by atoms with E-state index in [2.05, 4.69) is 29.0 Å². The van der Waals surface area contributed by atoms with Crippen LogP contribution in [0.15, 0.2) is 0 Å². The van der Waals surface area contributed by atoms with Gasteiger partial charge in [-0.2, -0.15) is 5.10 Å². The van der Waals surface area contributed by atoms with Crippen molar-refractivity contribution >= 4 is 0 Å². The summed E-state index contributed by atoms with van der Waals surface area (Å²) in [5, 5.41) is 7.13. The van der Waals surface area contributed by atoms with E-state index in [1.54, 1.807) is 0 Å². The highest BCUT2D eigenvalue weighted by molar-refractivity contribution is 5.15. The lowest BCUT2D eigenvalue weighted by molar-refractivity contribution is 0.609. The number of nitrogens with one attached hydrogen (secondary N) is 1. The van der Waals surface area contributed by atoms with E-state index < -0.39 is 0 Å². The molecule has 0 bridgehead atoms. The molecular weight excluding hydrogens is 164 g/mol. The van der Waals surface area contributed by atoms with Crippen LogP contribution in [0.4, 0.5) is 0 Å². The smallest absolute Gasteiger partial charge is 0.154 e. The number of rotatable bonds is 3. The Balaban J connectivity index is 2.07. The van der Waals surface area contributed by atoms with E-state index in [-0.39, 0.29) is 0 Å². The Morgan fingerprint density at radius 3 is 2.85 bits per heavy atom. The fourth-order valence-corrected chi connectivity index (χ4v) is 1.62. The quantitative estimate of drug-likeness (QED) is 0.723. The Kier molecular flexibility index (Phi) is 1.87.